The number of aromatic nitrogens is 10. The minimum absolute atomic E-state index is 0. The van der Waals surface area contributed by atoms with Gasteiger partial charge in [-0.25, -0.2) is 50.5 Å². The van der Waals surface area contributed by atoms with Gasteiger partial charge in [-0.1, -0.05) is 25.1 Å². The quantitative estimate of drug-likeness (QED) is 0.0304. The van der Waals surface area contributed by atoms with Gasteiger partial charge in [-0.15, -0.1) is 0 Å². The standard InChI is InChI=1S/C17H16FN5O.C13H7F2N3O.C9H8FNO3.C7H6FNO.C7H8O3S.C6H4FNO2.C5H5FN2.C3H6O2.CH4.CH3.BrH.Mg.Na.H/c18-13-7-12(9-20-10-13)15-8-17(24)23-11-14(1-2-16(23)21-15)22-5-3-19-4-6-22;14-9-1-2-12-17-11(4-13(19)18(12)7-9)8-3-10(15)6-16-5-8;1-14-9(13)3-8(12)6-2-7(10)5-11-4-6;1-5(10)6-2-7(8)4-9-3-6;1-6-2-4-7(5-3-6)11(8,9)10;7-5-1-4(6(9)10)2-8-3-5;6-4-1-2-5(7)8-3-4;1-3(4)5-2;;;;;;/h1-2,7-11,19H,3-6H2;1-7H;2,4-5H,3H2,1H3;2-4H,1H3;2-5H,1H3,(H,8,9,10);1-3H,(H,9,10);1-3H,(H2,7,8);1-2H3;1H4;1H3;1H;;;/q;;;;;;;;;-1;;+2;+1;-1/p-1. The molecule has 106 heavy (non-hydrogen) atoms. The number of halogens is 8. The number of hydrogen-bond acceptors (Lipinski definition) is 22. The zero-order valence-corrected chi connectivity index (χ0v) is 62.7. The molecule has 1 saturated heterocycles. The number of ether oxygens (including phenoxy) is 2. The summed E-state index contributed by atoms with van der Waals surface area (Å²) in [6.07, 6.45) is 15.3. The van der Waals surface area contributed by atoms with E-state index in [4.69, 9.17) is 15.4 Å². The van der Waals surface area contributed by atoms with Crippen LogP contribution in [0.2, 0.25) is 0 Å². The average molecular weight is 1580 g/mol. The van der Waals surface area contributed by atoms with Crippen LogP contribution in [0, 0.1) is 55.1 Å². The van der Waals surface area contributed by atoms with Gasteiger partial charge in [0, 0.05) is 111 Å². The molecular weight excluding hydrogens is 1510 g/mol. The number of carboxylic acids is 1. The van der Waals surface area contributed by atoms with E-state index in [1.807, 2.05) is 25.3 Å². The maximum Gasteiger partial charge on any atom is 2.00 e. The van der Waals surface area contributed by atoms with Crippen LogP contribution in [-0.4, -0.2) is 160 Å². The molecule has 12 rings (SSSR count). The first-order chi connectivity index (χ1) is 47.9. The van der Waals surface area contributed by atoms with Gasteiger partial charge in [0.15, 0.2) is 11.6 Å². The van der Waals surface area contributed by atoms with Crippen molar-refractivity contribution in [3.05, 3.63) is 275 Å². The number of Topliss-reactive ketones (excluding diaryl/α,β-unsaturated/α-hetero) is 2. The predicted octanol–water partition coefficient (Wildman–Crippen LogP) is 3.70. The molecule has 0 amide bonds. The number of carboxylic acid groups (broad SMARTS) is 1. The third-order valence-electron chi connectivity index (χ3n) is 12.7. The molecule has 37 heteroatoms. The molecule has 1 fully saturated rings. The molecule has 5 N–H and O–H groups in total. The number of nitrogens with one attached hydrogen (secondary N) is 1. The van der Waals surface area contributed by atoms with E-state index < -0.39 is 74.7 Å². The van der Waals surface area contributed by atoms with E-state index >= 15 is 0 Å². The first-order valence-corrected chi connectivity index (χ1v) is 30.4. The molecule has 10 aromatic heterocycles. The van der Waals surface area contributed by atoms with Gasteiger partial charge < -0.3 is 56.4 Å². The number of fused-ring (bicyclic) bond motifs is 2. The topological polar surface area (TPSA) is 366 Å². The number of carbonyl (C=O) groups is 5. The van der Waals surface area contributed by atoms with E-state index in [0.29, 0.717) is 39.5 Å². The van der Waals surface area contributed by atoms with E-state index in [-0.39, 0.29) is 131 Å². The number of benzene rings is 1. The fourth-order valence-corrected chi connectivity index (χ4v) is 8.26. The molecule has 0 unspecified atom stereocenters. The van der Waals surface area contributed by atoms with E-state index in [0.717, 1.165) is 110 Å². The summed E-state index contributed by atoms with van der Waals surface area (Å²) < 4.78 is 129. The molecule has 11 heterocycles. The van der Waals surface area contributed by atoms with E-state index in [9.17, 15) is 72.7 Å². The number of anilines is 2. The van der Waals surface area contributed by atoms with E-state index in [2.05, 4.69) is 59.6 Å². The molecule has 1 aromatic carbocycles. The smallest absolute Gasteiger partial charge is 1.00 e. The molecule has 552 valence electrons. The number of nitrogen functional groups attached to an aromatic ring is 1. The summed E-state index contributed by atoms with van der Waals surface area (Å²) in [6.45, 7) is 8.24. The van der Waals surface area contributed by atoms with Gasteiger partial charge in [0.05, 0.1) is 78.9 Å². The number of carbonyl (C=O) groups excluding carboxylic acids is 4. The largest absolute Gasteiger partial charge is 2.00 e. The van der Waals surface area contributed by atoms with Crippen LogP contribution in [0.5, 0.6) is 0 Å². The zero-order chi connectivity index (χ0) is 74.3. The first-order valence-electron chi connectivity index (χ1n) is 28.9. The van der Waals surface area contributed by atoms with E-state index in [1.165, 1.54) is 118 Å². The number of piperazine rings is 1. The molecule has 0 aliphatic carbocycles. The summed E-state index contributed by atoms with van der Waals surface area (Å²) in [7, 11) is -1.49. The van der Waals surface area contributed by atoms with Crippen molar-refractivity contribution in [3.8, 4) is 22.5 Å². The first kappa shape index (κ1) is 95.8. The third-order valence-corrected chi connectivity index (χ3v) is 13.6. The second-order valence-electron chi connectivity index (χ2n) is 20.3. The van der Waals surface area contributed by atoms with Crippen molar-refractivity contribution in [2.24, 2.45) is 0 Å². The number of esters is 2. The number of ketones is 2. The van der Waals surface area contributed by atoms with Crippen LogP contribution >= 0.6 is 0 Å². The molecule has 1 aliphatic rings. The number of hydrogen-bond donors (Lipinski definition) is 4. The number of nitrogens with zero attached hydrogens (tertiary/aromatic N) is 11. The fourth-order valence-electron chi connectivity index (χ4n) is 7.78. The maximum atomic E-state index is 13.3. The summed E-state index contributed by atoms with van der Waals surface area (Å²) in [6, 6.07) is 23.3. The second-order valence-corrected chi connectivity index (χ2v) is 21.7. The van der Waals surface area contributed by atoms with Gasteiger partial charge in [-0.3, -0.25) is 67.0 Å². The predicted molar refractivity (Wildman–Crippen MR) is 372 cm³/mol. The molecule has 1 aliphatic heterocycles. The number of methoxy groups -OCH3 is 2. The average Bonchev–Trinajstić information content (AvgIpc) is 0.799. The molecular formula is C69H68BrF7MgN13NaO13S. The van der Waals surface area contributed by atoms with Crippen LogP contribution in [0.15, 0.2) is 198 Å². The summed E-state index contributed by atoms with van der Waals surface area (Å²) in [5, 5.41) is 11.6. The van der Waals surface area contributed by atoms with Gasteiger partial charge in [0.1, 0.15) is 64.3 Å². The van der Waals surface area contributed by atoms with Crippen LogP contribution in [0.1, 0.15) is 65.8 Å². The fraction of sp³-hybridized carbons (Fsp3) is 0.159. The number of pyridine rings is 8. The van der Waals surface area contributed by atoms with E-state index in [1.54, 1.807) is 12.1 Å². The van der Waals surface area contributed by atoms with Gasteiger partial charge in [0.2, 0.25) is 0 Å². The summed E-state index contributed by atoms with van der Waals surface area (Å²) in [4.78, 5) is 109. The molecule has 0 bridgehead atoms. The SMILES string of the molecule is C.CC(=O)c1cncc(F)c1.COC(=O)CC(=O)c1cncc(F)c1.COC(C)=O.Cc1ccc(S(=O)(=O)O)cc1.Nc1ccc(F)cn1.O=C(O)c1cncc(F)c1.O=c1cc(-c2cncc(F)c2)nc2ccc(F)cn12.O=c1cc(-c2cncc(F)c2)nc2ccc(N3CCNCC3)cn12.[Br-].[CH3-].[H-].[Mg+2].[Na+]. The Bertz CT molecular complexity index is 4860. The molecule has 0 saturated carbocycles. The Balaban J connectivity index is 0. The van der Waals surface area contributed by atoms with Crippen molar-refractivity contribution in [2.75, 3.05) is 51.0 Å². The molecule has 26 nitrogen and oxygen atoms in total. The van der Waals surface area contributed by atoms with Crippen LogP contribution in [-0.2, 0) is 29.2 Å². The molecule has 11 aromatic rings. The van der Waals surface area contributed by atoms with Crippen molar-refractivity contribution in [1.29, 1.82) is 0 Å². The number of aromatic carboxylic acids is 1. The Morgan fingerprint density at radius 3 is 1.40 bits per heavy atom. The molecule has 0 radical (unpaired) electrons. The Kier molecular flexibility index (Phi) is 43.4. The van der Waals surface area contributed by atoms with Gasteiger partial charge in [-0.2, -0.15) is 8.42 Å². The molecule has 0 atom stereocenters. The number of rotatable bonds is 9. The summed E-state index contributed by atoms with van der Waals surface area (Å²) in [5.41, 5.74) is 9.10. The number of nitrogens with two attached hydrogens (primary N) is 1. The van der Waals surface area contributed by atoms with Crippen LogP contribution in [0.4, 0.5) is 42.2 Å². The van der Waals surface area contributed by atoms with Crippen molar-refractivity contribution in [3.63, 3.8) is 0 Å². The normalized spacial score (nSPS) is 10.6. The van der Waals surface area contributed by atoms with Gasteiger partial charge in [0.25, 0.3) is 21.2 Å². The zero-order valence-electron chi connectivity index (χ0n) is 57.9. The Morgan fingerprint density at radius 1 is 0.575 bits per heavy atom. The van der Waals surface area contributed by atoms with Crippen molar-refractivity contribution < 1.29 is 130 Å². The number of aryl methyl sites for hydroxylation is 1. The summed E-state index contributed by atoms with van der Waals surface area (Å²) in [5.74, 6) is -6.01. The van der Waals surface area contributed by atoms with Crippen LogP contribution < -0.4 is 73.6 Å². The molecule has 0 spiro atoms. The minimum atomic E-state index is -4.02. The monoisotopic (exact) mass is 1580 g/mol. The second kappa shape index (κ2) is 48.0. The third kappa shape index (κ3) is 33.3. The van der Waals surface area contributed by atoms with Crippen molar-refractivity contribution in [2.45, 2.75) is 39.5 Å². The Hall–Kier alpha value is -10.2. The van der Waals surface area contributed by atoms with Crippen LogP contribution in [0.3, 0.4) is 0 Å². The van der Waals surface area contributed by atoms with Crippen LogP contribution in [0.25, 0.3) is 33.8 Å². The van der Waals surface area contributed by atoms with Crippen molar-refractivity contribution >= 4 is 85.4 Å². The maximum absolute atomic E-state index is 13.3. The van der Waals surface area contributed by atoms with Gasteiger partial charge >= 0.3 is 70.5 Å². The Labute approximate surface area is 652 Å². The summed E-state index contributed by atoms with van der Waals surface area (Å²) >= 11 is 0. The van der Waals surface area contributed by atoms with Gasteiger partial charge in [-0.05, 0) is 92.7 Å². The van der Waals surface area contributed by atoms with Crippen molar-refractivity contribution in [1.82, 2.24) is 54.0 Å². The Morgan fingerprint density at radius 2 is 1.00 bits per heavy atom. The minimum Gasteiger partial charge on any atom is -1.00 e.